The highest BCUT2D eigenvalue weighted by Crippen LogP contribution is 2.06. The van der Waals surface area contributed by atoms with Gasteiger partial charge in [0.05, 0.1) is 0 Å². The number of hydrogen-bond donors (Lipinski definition) is 3. The van der Waals surface area contributed by atoms with Crippen LogP contribution in [-0.4, -0.2) is 37.9 Å². The van der Waals surface area contributed by atoms with Crippen LogP contribution in [0.2, 0.25) is 0 Å². The Kier molecular flexibility index (Phi) is 7.17. The summed E-state index contributed by atoms with van der Waals surface area (Å²) in [6, 6.07) is 0.677. The van der Waals surface area contributed by atoms with Gasteiger partial charge >= 0.3 is 0 Å². The lowest BCUT2D eigenvalue weighted by Gasteiger charge is -2.22. The molecule has 80 valence electrons. The second-order valence-electron chi connectivity index (χ2n) is 3.65. The topological polar surface area (TPSA) is 67.3 Å². The lowest BCUT2D eigenvalue weighted by molar-refractivity contribution is 0.265. The van der Waals surface area contributed by atoms with E-state index in [4.69, 9.17) is 11.5 Å². The van der Waals surface area contributed by atoms with Gasteiger partial charge in [0, 0.05) is 6.04 Å². The third kappa shape index (κ3) is 6.95. The van der Waals surface area contributed by atoms with Crippen molar-refractivity contribution in [2.24, 2.45) is 11.5 Å². The normalized spacial score (nSPS) is 14.1. The van der Waals surface area contributed by atoms with E-state index in [0.717, 1.165) is 13.0 Å². The summed E-state index contributed by atoms with van der Waals surface area (Å²) in [5.41, 5.74) is 10.7. The summed E-state index contributed by atoms with van der Waals surface area (Å²) in [5, 5.41) is 3.00. The van der Waals surface area contributed by atoms with Crippen molar-refractivity contribution < 1.29 is 0 Å². The number of rotatable bonds is 7. The SMILES string of the molecule is CC[C@H](CCCNC(N)N)N(C)C. The standard InChI is InChI=1S/C9H24N4/c1-4-8(13(2)3)6-5-7-12-9(10)11/h8-9,12H,4-7,10-11H2,1-3H3/t8-/m1/s1. The Morgan fingerprint density at radius 3 is 2.31 bits per heavy atom. The van der Waals surface area contributed by atoms with E-state index in [9.17, 15) is 0 Å². The van der Waals surface area contributed by atoms with Gasteiger partial charge in [0.1, 0.15) is 6.29 Å². The predicted molar refractivity (Wildman–Crippen MR) is 57.2 cm³/mol. The zero-order chi connectivity index (χ0) is 10.3. The van der Waals surface area contributed by atoms with Crippen molar-refractivity contribution in [1.82, 2.24) is 10.2 Å². The first kappa shape index (κ1) is 12.8. The van der Waals surface area contributed by atoms with Crippen molar-refractivity contribution in [3.8, 4) is 0 Å². The number of hydrogen-bond acceptors (Lipinski definition) is 4. The van der Waals surface area contributed by atoms with Gasteiger partial charge in [-0.15, -0.1) is 0 Å². The summed E-state index contributed by atoms with van der Waals surface area (Å²) in [6.45, 7) is 3.12. The summed E-state index contributed by atoms with van der Waals surface area (Å²) < 4.78 is 0. The zero-order valence-electron chi connectivity index (χ0n) is 9.09. The maximum Gasteiger partial charge on any atom is 0.106 e. The average Bonchev–Trinajstić information content (AvgIpc) is 2.03. The van der Waals surface area contributed by atoms with Crippen molar-refractivity contribution in [1.29, 1.82) is 0 Å². The van der Waals surface area contributed by atoms with Gasteiger partial charge in [-0.1, -0.05) is 6.92 Å². The fourth-order valence-electron chi connectivity index (χ4n) is 1.43. The molecule has 0 saturated carbocycles. The third-order valence-electron chi connectivity index (χ3n) is 2.30. The van der Waals surface area contributed by atoms with E-state index in [2.05, 4.69) is 31.2 Å². The largest absolute Gasteiger partial charge is 0.306 e. The first-order chi connectivity index (χ1) is 6.07. The van der Waals surface area contributed by atoms with E-state index in [-0.39, 0.29) is 6.29 Å². The number of nitrogens with one attached hydrogen (secondary N) is 1. The first-order valence-electron chi connectivity index (χ1n) is 4.99. The third-order valence-corrected chi connectivity index (χ3v) is 2.30. The van der Waals surface area contributed by atoms with Gasteiger partial charge in [-0.3, -0.25) is 5.32 Å². The second-order valence-corrected chi connectivity index (χ2v) is 3.65. The average molecular weight is 188 g/mol. The molecule has 0 spiro atoms. The van der Waals surface area contributed by atoms with Crippen LogP contribution in [0.15, 0.2) is 0 Å². The first-order valence-corrected chi connectivity index (χ1v) is 4.99. The van der Waals surface area contributed by atoms with Gasteiger partial charge in [-0.05, 0) is 39.9 Å². The van der Waals surface area contributed by atoms with Gasteiger partial charge in [-0.2, -0.15) is 0 Å². The highest BCUT2D eigenvalue weighted by Gasteiger charge is 2.07. The molecular formula is C9H24N4. The van der Waals surface area contributed by atoms with Crippen LogP contribution in [0.1, 0.15) is 26.2 Å². The summed E-state index contributed by atoms with van der Waals surface area (Å²) in [4.78, 5) is 2.27. The molecular weight excluding hydrogens is 164 g/mol. The summed E-state index contributed by atoms with van der Waals surface area (Å²) >= 11 is 0. The Hall–Kier alpha value is -0.160. The fraction of sp³-hybridized carbons (Fsp3) is 1.00. The van der Waals surface area contributed by atoms with Gasteiger partial charge in [0.25, 0.3) is 0 Å². The molecule has 0 unspecified atom stereocenters. The lowest BCUT2D eigenvalue weighted by Crippen LogP contribution is -2.45. The maximum atomic E-state index is 5.36. The minimum absolute atomic E-state index is 0.376. The highest BCUT2D eigenvalue weighted by atomic mass is 15.1. The summed E-state index contributed by atoms with van der Waals surface area (Å²) in [6.07, 6.45) is 3.14. The van der Waals surface area contributed by atoms with Gasteiger partial charge in [-0.25, -0.2) is 0 Å². The second kappa shape index (κ2) is 7.26. The molecule has 5 N–H and O–H groups in total. The van der Waals surface area contributed by atoms with Gasteiger partial charge < -0.3 is 16.4 Å². The summed E-state index contributed by atoms with van der Waals surface area (Å²) in [7, 11) is 4.24. The van der Waals surface area contributed by atoms with Crippen LogP contribution in [0.4, 0.5) is 0 Å². The Morgan fingerprint density at radius 2 is 1.92 bits per heavy atom. The molecule has 0 rings (SSSR count). The maximum absolute atomic E-state index is 5.36. The van der Waals surface area contributed by atoms with Gasteiger partial charge in [0.2, 0.25) is 0 Å². The molecule has 0 aromatic heterocycles. The molecule has 13 heavy (non-hydrogen) atoms. The van der Waals surface area contributed by atoms with E-state index in [0.29, 0.717) is 6.04 Å². The monoisotopic (exact) mass is 188 g/mol. The van der Waals surface area contributed by atoms with E-state index >= 15 is 0 Å². The van der Waals surface area contributed by atoms with Crippen molar-refractivity contribution >= 4 is 0 Å². The Labute approximate surface area is 81.6 Å². The Balaban J connectivity index is 3.39. The van der Waals surface area contributed by atoms with Crippen molar-refractivity contribution in [2.75, 3.05) is 20.6 Å². The molecule has 0 aliphatic carbocycles. The number of nitrogens with two attached hydrogens (primary N) is 2. The van der Waals surface area contributed by atoms with Crippen LogP contribution >= 0.6 is 0 Å². The van der Waals surface area contributed by atoms with Crippen LogP contribution in [0.3, 0.4) is 0 Å². The zero-order valence-corrected chi connectivity index (χ0v) is 9.09. The molecule has 0 aliphatic rings. The quantitative estimate of drug-likeness (QED) is 0.385. The van der Waals surface area contributed by atoms with Crippen LogP contribution in [0, 0.1) is 0 Å². The molecule has 0 amide bonds. The molecule has 0 bridgehead atoms. The van der Waals surface area contributed by atoms with Crippen LogP contribution in [-0.2, 0) is 0 Å². The van der Waals surface area contributed by atoms with Crippen LogP contribution in [0.25, 0.3) is 0 Å². The molecule has 1 atom stereocenters. The highest BCUT2D eigenvalue weighted by molar-refractivity contribution is 4.64. The summed E-state index contributed by atoms with van der Waals surface area (Å²) in [5.74, 6) is 0. The minimum atomic E-state index is -0.376. The molecule has 4 nitrogen and oxygen atoms in total. The van der Waals surface area contributed by atoms with E-state index in [1.807, 2.05) is 0 Å². The van der Waals surface area contributed by atoms with Crippen LogP contribution in [0.5, 0.6) is 0 Å². The molecule has 4 heteroatoms. The van der Waals surface area contributed by atoms with Gasteiger partial charge in [0.15, 0.2) is 0 Å². The van der Waals surface area contributed by atoms with E-state index in [1.165, 1.54) is 12.8 Å². The molecule has 0 fully saturated rings. The van der Waals surface area contributed by atoms with E-state index < -0.39 is 0 Å². The van der Waals surface area contributed by atoms with Crippen molar-refractivity contribution in [2.45, 2.75) is 38.5 Å². The Bertz CT molecular complexity index is 114. The van der Waals surface area contributed by atoms with E-state index in [1.54, 1.807) is 0 Å². The minimum Gasteiger partial charge on any atom is -0.306 e. The molecule has 0 heterocycles. The molecule has 0 aromatic carbocycles. The smallest absolute Gasteiger partial charge is 0.106 e. The molecule has 0 aromatic rings. The fourth-order valence-corrected chi connectivity index (χ4v) is 1.43. The molecule has 0 radical (unpaired) electrons. The van der Waals surface area contributed by atoms with Crippen molar-refractivity contribution in [3.05, 3.63) is 0 Å². The van der Waals surface area contributed by atoms with Crippen molar-refractivity contribution in [3.63, 3.8) is 0 Å². The molecule has 0 saturated heterocycles. The Morgan fingerprint density at radius 1 is 1.31 bits per heavy atom. The molecule has 0 aliphatic heterocycles. The lowest BCUT2D eigenvalue weighted by atomic mass is 10.1. The van der Waals surface area contributed by atoms with Crippen LogP contribution < -0.4 is 16.8 Å². The predicted octanol–water partition coefficient (Wildman–Crippen LogP) is -0.103. The number of nitrogens with zero attached hydrogens (tertiary/aromatic N) is 1.